The number of piperazine rings is 1. The number of pyridine rings is 1. The average molecular weight is 421 g/mol. The Morgan fingerprint density at radius 2 is 1.76 bits per heavy atom. The molecule has 0 aliphatic carbocycles. The van der Waals surface area contributed by atoms with Gasteiger partial charge in [-0.1, -0.05) is 0 Å². The Kier molecular flexibility index (Phi) is 5.98. The fourth-order valence-corrected chi connectivity index (χ4v) is 5.73. The first-order chi connectivity index (χ1) is 13.9. The lowest BCUT2D eigenvalue weighted by atomic mass is 10.2. The molecular weight excluding hydrogens is 392 g/mol. The van der Waals surface area contributed by atoms with Gasteiger partial charge >= 0.3 is 0 Å². The summed E-state index contributed by atoms with van der Waals surface area (Å²) in [5.41, 5.74) is 2.02. The van der Waals surface area contributed by atoms with Crippen molar-refractivity contribution in [3.63, 3.8) is 0 Å². The van der Waals surface area contributed by atoms with Crippen LogP contribution in [0.2, 0.25) is 0 Å². The zero-order valence-corrected chi connectivity index (χ0v) is 17.7. The molecule has 158 valence electrons. The Bertz CT molecular complexity index is 901. The lowest BCUT2D eigenvalue weighted by Crippen LogP contribution is -2.57. The minimum Gasteiger partial charge on any atom is -0.373 e. The predicted molar refractivity (Wildman–Crippen MR) is 109 cm³/mol. The zero-order chi connectivity index (χ0) is 20.4. The highest BCUT2D eigenvalue weighted by molar-refractivity contribution is 7.86. The molecule has 2 aliphatic rings. The molecule has 2 aliphatic heterocycles. The molecule has 2 saturated heterocycles. The highest BCUT2D eigenvalue weighted by Gasteiger charge is 2.36. The van der Waals surface area contributed by atoms with Crippen molar-refractivity contribution >= 4 is 10.2 Å². The molecule has 29 heavy (non-hydrogen) atoms. The van der Waals surface area contributed by atoms with Gasteiger partial charge in [-0.3, -0.25) is 14.6 Å². The van der Waals surface area contributed by atoms with Crippen molar-refractivity contribution in [2.75, 3.05) is 39.3 Å². The third kappa shape index (κ3) is 4.51. The molecule has 0 spiro atoms. The molecule has 2 unspecified atom stereocenters. The summed E-state index contributed by atoms with van der Waals surface area (Å²) in [6.45, 7) is 7.57. The van der Waals surface area contributed by atoms with Gasteiger partial charge in [-0.05, 0) is 32.0 Å². The van der Waals surface area contributed by atoms with Crippen molar-refractivity contribution in [3.8, 4) is 11.3 Å². The van der Waals surface area contributed by atoms with Gasteiger partial charge < -0.3 is 4.74 Å². The monoisotopic (exact) mass is 420 g/mol. The average Bonchev–Trinajstić information content (AvgIpc) is 3.16. The number of morpholine rings is 1. The first-order valence-corrected chi connectivity index (χ1v) is 11.4. The summed E-state index contributed by atoms with van der Waals surface area (Å²) < 4.78 is 36.9. The first kappa shape index (κ1) is 20.4. The Morgan fingerprint density at radius 3 is 2.41 bits per heavy atom. The molecule has 0 N–H and O–H groups in total. The number of aromatic nitrogens is 3. The van der Waals surface area contributed by atoms with Gasteiger partial charge in [0, 0.05) is 63.4 Å². The van der Waals surface area contributed by atoms with E-state index in [-0.39, 0.29) is 12.2 Å². The van der Waals surface area contributed by atoms with Crippen molar-refractivity contribution in [1.29, 1.82) is 0 Å². The van der Waals surface area contributed by atoms with Crippen LogP contribution in [0.4, 0.5) is 0 Å². The molecule has 2 aromatic rings. The van der Waals surface area contributed by atoms with Crippen LogP contribution in [-0.4, -0.2) is 88.2 Å². The summed E-state index contributed by atoms with van der Waals surface area (Å²) in [6.07, 6.45) is 5.19. The molecule has 4 heterocycles. The Hall–Kier alpha value is -1.85. The van der Waals surface area contributed by atoms with Gasteiger partial charge in [0.2, 0.25) is 0 Å². The molecular formula is C19H28N6O3S. The van der Waals surface area contributed by atoms with E-state index in [9.17, 15) is 8.42 Å². The third-order valence-corrected chi connectivity index (χ3v) is 7.35. The van der Waals surface area contributed by atoms with Crippen LogP contribution in [0.1, 0.15) is 13.8 Å². The standard InChI is InChI=1S/C19H28N6O3S/c1-16-13-24(14-17(2)28-16)29(26,27)23-10-8-22(9-11-23)15-25-19(5-7-21-25)18-4-3-6-20-12-18/h3-7,12,16-17H,8-11,13-15H2,1-2H3. The molecule has 0 amide bonds. The van der Waals surface area contributed by atoms with Crippen molar-refractivity contribution in [2.45, 2.75) is 32.7 Å². The highest BCUT2D eigenvalue weighted by Crippen LogP contribution is 2.21. The fourth-order valence-electron chi connectivity index (χ4n) is 3.98. The summed E-state index contributed by atoms with van der Waals surface area (Å²) in [4.78, 5) is 6.40. The molecule has 2 aromatic heterocycles. The second kappa shape index (κ2) is 8.49. The van der Waals surface area contributed by atoms with Crippen LogP contribution in [0.25, 0.3) is 11.3 Å². The van der Waals surface area contributed by atoms with E-state index >= 15 is 0 Å². The fraction of sp³-hybridized carbons (Fsp3) is 0.579. The van der Waals surface area contributed by atoms with Crippen LogP contribution in [-0.2, 0) is 21.6 Å². The molecule has 0 bridgehead atoms. The smallest absolute Gasteiger partial charge is 0.282 e. The van der Waals surface area contributed by atoms with Gasteiger partial charge in [-0.2, -0.15) is 22.1 Å². The van der Waals surface area contributed by atoms with E-state index in [1.54, 1.807) is 21.0 Å². The maximum absolute atomic E-state index is 13.0. The molecule has 2 atom stereocenters. The minimum atomic E-state index is -3.46. The van der Waals surface area contributed by atoms with E-state index in [1.165, 1.54) is 0 Å². The third-order valence-electron chi connectivity index (χ3n) is 5.38. The van der Waals surface area contributed by atoms with E-state index in [2.05, 4.69) is 15.0 Å². The van der Waals surface area contributed by atoms with Crippen LogP contribution >= 0.6 is 0 Å². The van der Waals surface area contributed by atoms with E-state index in [4.69, 9.17) is 4.74 Å². The van der Waals surface area contributed by atoms with Gasteiger partial charge in [0.15, 0.2) is 0 Å². The number of hydrogen-bond donors (Lipinski definition) is 0. The zero-order valence-electron chi connectivity index (χ0n) is 16.9. The quantitative estimate of drug-likeness (QED) is 0.714. The van der Waals surface area contributed by atoms with Gasteiger partial charge in [0.25, 0.3) is 10.2 Å². The normalized spacial score (nSPS) is 25.3. The lowest BCUT2D eigenvalue weighted by molar-refractivity contribution is -0.0458. The Labute approximate surface area is 172 Å². The molecule has 4 rings (SSSR count). The molecule has 0 aromatic carbocycles. The van der Waals surface area contributed by atoms with Crippen LogP contribution in [0.3, 0.4) is 0 Å². The van der Waals surface area contributed by atoms with Crippen molar-refractivity contribution in [1.82, 2.24) is 28.3 Å². The molecule has 0 saturated carbocycles. The molecule has 0 radical (unpaired) electrons. The summed E-state index contributed by atoms with van der Waals surface area (Å²) in [7, 11) is -3.46. The Balaban J connectivity index is 1.37. The molecule has 2 fully saturated rings. The van der Waals surface area contributed by atoms with Crippen LogP contribution < -0.4 is 0 Å². The van der Waals surface area contributed by atoms with Crippen molar-refractivity contribution in [3.05, 3.63) is 36.8 Å². The van der Waals surface area contributed by atoms with Crippen LogP contribution in [0, 0.1) is 0 Å². The maximum atomic E-state index is 13.0. The molecule has 9 nitrogen and oxygen atoms in total. The van der Waals surface area contributed by atoms with Crippen LogP contribution in [0.5, 0.6) is 0 Å². The predicted octanol–water partition coefficient (Wildman–Crippen LogP) is 0.874. The number of hydrogen-bond acceptors (Lipinski definition) is 6. The van der Waals surface area contributed by atoms with E-state index in [1.807, 2.05) is 42.9 Å². The van der Waals surface area contributed by atoms with Crippen molar-refractivity contribution in [2.24, 2.45) is 0 Å². The van der Waals surface area contributed by atoms with Crippen molar-refractivity contribution < 1.29 is 13.2 Å². The number of ether oxygens (including phenoxy) is 1. The maximum Gasteiger partial charge on any atom is 0.282 e. The van der Waals surface area contributed by atoms with E-state index < -0.39 is 10.2 Å². The SMILES string of the molecule is CC1CN(S(=O)(=O)N2CCN(Cn3nccc3-c3cccnc3)CC2)CC(C)O1. The van der Waals surface area contributed by atoms with E-state index in [0.29, 0.717) is 45.9 Å². The lowest BCUT2D eigenvalue weighted by Gasteiger charge is -2.40. The largest absolute Gasteiger partial charge is 0.373 e. The van der Waals surface area contributed by atoms with E-state index in [0.717, 1.165) is 11.3 Å². The second-order valence-electron chi connectivity index (χ2n) is 7.70. The second-order valence-corrected chi connectivity index (χ2v) is 9.63. The number of rotatable bonds is 5. The van der Waals surface area contributed by atoms with Gasteiger partial charge in [0.1, 0.15) is 0 Å². The number of nitrogens with zero attached hydrogens (tertiary/aromatic N) is 6. The minimum absolute atomic E-state index is 0.0828. The summed E-state index contributed by atoms with van der Waals surface area (Å²) in [6, 6.07) is 5.89. The Morgan fingerprint density at radius 1 is 1.03 bits per heavy atom. The topological polar surface area (TPSA) is 83.8 Å². The summed E-state index contributed by atoms with van der Waals surface area (Å²) in [5.74, 6) is 0. The summed E-state index contributed by atoms with van der Waals surface area (Å²) >= 11 is 0. The summed E-state index contributed by atoms with van der Waals surface area (Å²) in [5, 5.41) is 4.44. The molecule has 10 heteroatoms. The highest BCUT2D eigenvalue weighted by atomic mass is 32.2. The van der Waals surface area contributed by atoms with Gasteiger partial charge in [0.05, 0.1) is 24.6 Å². The first-order valence-electron chi connectivity index (χ1n) is 9.99. The van der Waals surface area contributed by atoms with Crippen LogP contribution in [0.15, 0.2) is 36.8 Å². The van der Waals surface area contributed by atoms with Gasteiger partial charge in [-0.15, -0.1) is 0 Å². The van der Waals surface area contributed by atoms with Gasteiger partial charge in [-0.25, -0.2) is 0 Å².